The van der Waals surface area contributed by atoms with Gasteiger partial charge in [0.25, 0.3) is 5.91 Å². The van der Waals surface area contributed by atoms with Crippen LogP contribution in [0.2, 0.25) is 0 Å². The van der Waals surface area contributed by atoms with E-state index in [1.54, 1.807) is 6.20 Å². The molecule has 1 aliphatic carbocycles. The highest BCUT2D eigenvalue weighted by atomic mass is 16.2. The molecule has 2 heterocycles. The summed E-state index contributed by atoms with van der Waals surface area (Å²) in [6.45, 7) is 8.03. The smallest absolute Gasteiger partial charge is 0.252 e. The molecule has 0 bridgehead atoms. The molecule has 2 fully saturated rings. The van der Waals surface area contributed by atoms with Gasteiger partial charge < -0.3 is 15.1 Å². The van der Waals surface area contributed by atoms with Gasteiger partial charge in [-0.15, -0.1) is 0 Å². The number of pyridine rings is 1. The van der Waals surface area contributed by atoms with Gasteiger partial charge in [0.15, 0.2) is 0 Å². The van der Waals surface area contributed by atoms with Crippen molar-refractivity contribution in [2.45, 2.75) is 65.2 Å². The van der Waals surface area contributed by atoms with Crippen molar-refractivity contribution in [1.82, 2.24) is 15.2 Å². The van der Waals surface area contributed by atoms with E-state index in [0.717, 1.165) is 50.8 Å². The highest BCUT2D eigenvalue weighted by Gasteiger charge is 2.23. The van der Waals surface area contributed by atoms with Crippen LogP contribution >= 0.6 is 0 Å². The summed E-state index contributed by atoms with van der Waals surface area (Å²) in [6.07, 6.45) is 11.1. The van der Waals surface area contributed by atoms with Crippen molar-refractivity contribution in [1.29, 1.82) is 0 Å². The third-order valence-corrected chi connectivity index (χ3v) is 6.77. The third kappa shape index (κ3) is 6.44. The second kappa shape index (κ2) is 11.3. The fraction of sp³-hybridized carbons (Fsp3) is 0.708. The molecule has 1 aliphatic heterocycles. The van der Waals surface area contributed by atoms with Crippen molar-refractivity contribution in [3.8, 4) is 0 Å². The Morgan fingerprint density at radius 3 is 2.50 bits per heavy atom. The zero-order valence-electron chi connectivity index (χ0n) is 18.7. The molecule has 3 rings (SSSR count). The second-order valence-corrected chi connectivity index (χ2v) is 9.04. The van der Waals surface area contributed by atoms with Crippen molar-refractivity contribution in [3.63, 3.8) is 0 Å². The summed E-state index contributed by atoms with van der Waals surface area (Å²) in [6, 6.07) is 3.76. The molecule has 0 spiro atoms. The van der Waals surface area contributed by atoms with Gasteiger partial charge in [-0.3, -0.25) is 9.59 Å². The Morgan fingerprint density at radius 1 is 1.13 bits per heavy atom. The lowest BCUT2D eigenvalue weighted by molar-refractivity contribution is -0.131. The zero-order valence-corrected chi connectivity index (χ0v) is 18.7. The predicted molar refractivity (Wildman–Crippen MR) is 121 cm³/mol. The quantitative estimate of drug-likeness (QED) is 0.701. The molecule has 0 aromatic carbocycles. The number of piperazine rings is 1. The van der Waals surface area contributed by atoms with Crippen LogP contribution in [0.5, 0.6) is 0 Å². The molecule has 1 unspecified atom stereocenters. The molecule has 1 saturated heterocycles. The first kappa shape index (κ1) is 22.6. The van der Waals surface area contributed by atoms with Crippen molar-refractivity contribution in [2.24, 2.45) is 11.8 Å². The highest BCUT2D eigenvalue weighted by Crippen LogP contribution is 2.27. The van der Waals surface area contributed by atoms with E-state index in [2.05, 4.69) is 29.0 Å². The van der Waals surface area contributed by atoms with E-state index in [-0.39, 0.29) is 5.91 Å². The van der Waals surface area contributed by atoms with Gasteiger partial charge in [-0.2, -0.15) is 0 Å². The molecule has 6 nitrogen and oxygen atoms in total. The molecule has 0 radical (unpaired) electrons. The summed E-state index contributed by atoms with van der Waals surface area (Å²) < 4.78 is 0. The number of carbonyl (C=O) groups excluding carboxylic acids is 2. The van der Waals surface area contributed by atoms with Crippen LogP contribution in [-0.2, 0) is 4.79 Å². The average Bonchev–Trinajstić information content (AvgIpc) is 2.81. The van der Waals surface area contributed by atoms with Crippen LogP contribution in [0, 0.1) is 11.8 Å². The average molecular weight is 415 g/mol. The van der Waals surface area contributed by atoms with E-state index in [4.69, 9.17) is 0 Å². The van der Waals surface area contributed by atoms with Crippen molar-refractivity contribution < 1.29 is 9.59 Å². The molecule has 6 heteroatoms. The standard InChI is InChI=1S/C24H38N4O2/c1-3-19(2)17-26-24(30)21-10-11-22(25-18-21)27-13-15-28(16-14-27)23(29)12-9-20-7-5-4-6-8-20/h10-11,18-20H,3-9,12-17H2,1-2H3,(H,26,30). The Morgan fingerprint density at radius 2 is 1.87 bits per heavy atom. The van der Waals surface area contributed by atoms with Gasteiger partial charge in [0, 0.05) is 45.3 Å². The van der Waals surface area contributed by atoms with Gasteiger partial charge in [-0.05, 0) is 30.4 Å². The molecule has 166 valence electrons. The fourth-order valence-electron chi connectivity index (χ4n) is 4.37. The maximum Gasteiger partial charge on any atom is 0.252 e. The van der Waals surface area contributed by atoms with E-state index in [1.165, 1.54) is 32.1 Å². The van der Waals surface area contributed by atoms with Gasteiger partial charge in [0.1, 0.15) is 5.82 Å². The number of hydrogen-bond donors (Lipinski definition) is 1. The van der Waals surface area contributed by atoms with E-state index in [1.807, 2.05) is 17.0 Å². The first-order valence-electron chi connectivity index (χ1n) is 11.8. The molecule has 1 N–H and O–H groups in total. The normalized spacial score (nSPS) is 18.9. The Kier molecular flexibility index (Phi) is 8.52. The number of aromatic nitrogens is 1. The monoisotopic (exact) mass is 414 g/mol. The molecule has 1 aromatic heterocycles. The SMILES string of the molecule is CCC(C)CNC(=O)c1ccc(N2CCN(C(=O)CCC3CCCCC3)CC2)nc1. The number of carbonyl (C=O) groups is 2. The number of nitrogens with zero attached hydrogens (tertiary/aromatic N) is 3. The van der Waals surface area contributed by atoms with E-state index in [9.17, 15) is 9.59 Å². The predicted octanol–water partition coefficient (Wildman–Crippen LogP) is 3.87. The van der Waals surface area contributed by atoms with Crippen molar-refractivity contribution in [2.75, 3.05) is 37.6 Å². The van der Waals surface area contributed by atoms with Crippen LogP contribution in [0.3, 0.4) is 0 Å². The minimum absolute atomic E-state index is 0.0669. The molecule has 2 amide bonds. The summed E-state index contributed by atoms with van der Waals surface area (Å²) in [5.74, 6) is 2.35. The number of nitrogens with one attached hydrogen (secondary N) is 1. The van der Waals surface area contributed by atoms with Gasteiger partial charge in [-0.1, -0.05) is 52.4 Å². The topological polar surface area (TPSA) is 65.5 Å². The van der Waals surface area contributed by atoms with Gasteiger partial charge >= 0.3 is 0 Å². The van der Waals surface area contributed by atoms with Gasteiger partial charge in [0.2, 0.25) is 5.91 Å². The molecule has 1 aromatic rings. The zero-order chi connectivity index (χ0) is 21.3. The minimum Gasteiger partial charge on any atom is -0.353 e. The van der Waals surface area contributed by atoms with Crippen LogP contribution in [0.4, 0.5) is 5.82 Å². The minimum atomic E-state index is -0.0669. The molecule has 2 aliphatic rings. The first-order valence-corrected chi connectivity index (χ1v) is 11.8. The molecule has 30 heavy (non-hydrogen) atoms. The molecule has 1 atom stereocenters. The highest BCUT2D eigenvalue weighted by molar-refractivity contribution is 5.94. The first-order chi connectivity index (χ1) is 14.6. The lowest BCUT2D eigenvalue weighted by Crippen LogP contribution is -2.49. The van der Waals surface area contributed by atoms with Gasteiger partial charge in [-0.25, -0.2) is 4.98 Å². The summed E-state index contributed by atoms with van der Waals surface area (Å²) in [7, 11) is 0. The lowest BCUT2D eigenvalue weighted by atomic mass is 9.86. The fourth-order valence-corrected chi connectivity index (χ4v) is 4.37. The van der Waals surface area contributed by atoms with Crippen LogP contribution in [0.25, 0.3) is 0 Å². The molecule has 1 saturated carbocycles. The Balaban J connectivity index is 1.42. The van der Waals surface area contributed by atoms with Crippen LogP contribution < -0.4 is 10.2 Å². The number of amides is 2. The molecular formula is C24H38N4O2. The molecular weight excluding hydrogens is 376 g/mol. The lowest BCUT2D eigenvalue weighted by Gasteiger charge is -2.35. The Labute approximate surface area is 181 Å². The third-order valence-electron chi connectivity index (χ3n) is 6.77. The Bertz CT molecular complexity index is 677. The van der Waals surface area contributed by atoms with E-state index < -0.39 is 0 Å². The maximum absolute atomic E-state index is 12.6. The maximum atomic E-state index is 12.6. The van der Waals surface area contributed by atoms with Crippen LogP contribution in [-0.4, -0.2) is 54.4 Å². The van der Waals surface area contributed by atoms with Crippen LogP contribution in [0.1, 0.15) is 75.6 Å². The van der Waals surface area contributed by atoms with E-state index in [0.29, 0.717) is 30.4 Å². The summed E-state index contributed by atoms with van der Waals surface area (Å²) in [5.41, 5.74) is 0.596. The van der Waals surface area contributed by atoms with Crippen molar-refractivity contribution >= 4 is 17.6 Å². The van der Waals surface area contributed by atoms with Gasteiger partial charge in [0.05, 0.1) is 5.56 Å². The van der Waals surface area contributed by atoms with E-state index >= 15 is 0 Å². The number of anilines is 1. The van der Waals surface area contributed by atoms with Crippen molar-refractivity contribution in [3.05, 3.63) is 23.9 Å². The largest absolute Gasteiger partial charge is 0.353 e. The Hall–Kier alpha value is -2.11. The van der Waals surface area contributed by atoms with Crippen LogP contribution in [0.15, 0.2) is 18.3 Å². The number of hydrogen-bond acceptors (Lipinski definition) is 4. The second-order valence-electron chi connectivity index (χ2n) is 9.04. The summed E-state index contributed by atoms with van der Waals surface area (Å²) >= 11 is 0. The number of rotatable bonds is 8. The summed E-state index contributed by atoms with van der Waals surface area (Å²) in [4.78, 5) is 33.5. The summed E-state index contributed by atoms with van der Waals surface area (Å²) in [5, 5.41) is 2.97.